The quantitative estimate of drug-likeness (QED) is 0.589. The van der Waals surface area contributed by atoms with Gasteiger partial charge in [0.2, 0.25) is 11.8 Å². The first-order chi connectivity index (χ1) is 14.8. The van der Waals surface area contributed by atoms with E-state index in [0.717, 1.165) is 11.1 Å². The molecule has 0 aliphatic carbocycles. The van der Waals surface area contributed by atoms with Gasteiger partial charge in [0.15, 0.2) is 0 Å². The van der Waals surface area contributed by atoms with Crippen molar-refractivity contribution in [1.82, 2.24) is 5.32 Å². The molecule has 0 spiro atoms. The van der Waals surface area contributed by atoms with E-state index in [-0.39, 0.29) is 12.5 Å². The summed E-state index contributed by atoms with van der Waals surface area (Å²) in [6.45, 7) is 5.51. The standard InChI is InChI=1S/C24H26N2O5/c1-5-31-23(29)24(3)19-18(20(25-24)17-12-7-6-9-14(17)2)21(27)26(22(19)28)15-10-8-11-16(13-15)30-4/h6-13,18-20,25H,5H2,1-4H3/t18-,19-,20-,24-/m0/s1. The molecule has 2 fully saturated rings. The molecule has 1 N–H and O–H groups in total. The highest BCUT2D eigenvalue weighted by Gasteiger charge is 2.67. The van der Waals surface area contributed by atoms with Crippen LogP contribution >= 0.6 is 0 Å². The van der Waals surface area contributed by atoms with Crippen LogP contribution in [0, 0.1) is 18.8 Å². The van der Waals surface area contributed by atoms with E-state index in [9.17, 15) is 14.4 Å². The number of amides is 2. The molecule has 0 bridgehead atoms. The second-order valence-corrected chi connectivity index (χ2v) is 8.12. The molecule has 4 rings (SSSR count). The number of methoxy groups -OCH3 is 1. The van der Waals surface area contributed by atoms with Crippen LogP contribution in [0.2, 0.25) is 0 Å². The van der Waals surface area contributed by atoms with Crippen molar-refractivity contribution in [2.45, 2.75) is 32.4 Å². The number of benzene rings is 2. The Kier molecular flexibility index (Phi) is 5.31. The Hall–Kier alpha value is -3.19. The molecule has 162 valence electrons. The van der Waals surface area contributed by atoms with E-state index in [1.165, 1.54) is 12.0 Å². The van der Waals surface area contributed by atoms with Crippen molar-refractivity contribution in [3.63, 3.8) is 0 Å². The second-order valence-electron chi connectivity index (χ2n) is 8.12. The maximum absolute atomic E-state index is 13.6. The van der Waals surface area contributed by atoms with Gasteiger partial charge in [-0.05, 0) is 44.0 Å². The molecule has 31 heavy (non-hydrogen) atoms. The first-order valence-corrected chi connectivity index (χ1v) is 10.4. The molecule has 2 heterocycles. The third kappa shape index (κ3) is 3.20. The lowest BCUT2D eigenvalue weighted by molar-refractivity contribution is -0.153. The minimum Gasteiger partial charge on any atom is -0.497 e. The predicted molar refractivity (Wildman–Crippen MR) is 115 cm³/mol. The summed E-state index contributed by atoms with van der Waals surface area (Å²) < 4.78 is 10.6. The van der Waals surface area contributed by atoms with Gasteiger partial charge in [0.25, 0.3) is 0 Å². The average Bonchev–Trinajstić information content (AvgIpc) is 3.22. The number of ether oxygens (including phenoxy) is 2. The van der Waals surface area contributed by atoms with Crippen molar-refractivity contribution < 1.29 is 23.9 Å². The average molecular weight is 422 g/mol. The SMILES string of the molecule is CCOC(=O)[C@@]1(C)N[C@@H](c2ccccc2C)[C@H]2C(=O)N(c3cccc(OC)c3)C(=O)[C@H]21. The third-order valence-corrected chi connectivity index (χ3v) is 6.32. The molecule has 2 aromatic carbocycles. The molecular weight excluding hydrogens is 396 g/mol. The van der Waals surface area contributed by atoms with Crippen molar-refractivity contribution >= 4 is 23.5 Å². The summed E-state index contributed by atoms with van der Waals surface area (Å²) in [6, 6.07) is 14.0. The van der Waals surface area contributed by atoms with Gasteiger partial charge in [-0.3, -0.25) is 19.7 Å². The summed E-state index contributed by atoms with van der Waals surface area (Å²) in [7, 11) is 1.53. The predicted octanol–water partition coefficient (Wildman–Crippen LogP) is 2.78. The van der Waals surface area contributed by atoms with E-state index in [0.29, 0.717) is 11.4 Å². The minimum atomic E-state index is -1.33. The number of carbonyl (C=O) groups is 3. The minimum absolute atomic E-state index is 0.185. The molecule has 2 aliphatic heterocycles. The number of anilines is 1. The van der Waals surface area contributed by atoms with Crippen molar-refractivity contribution in [2.75, 3.05) is 18.6 Å². The van der Waals surface area contributed by atoms with E-state index < -0.39 is 35.3 Å². The normalized spacial score (nSPS) is 27.4. The van der Waals surface area contributed by atoms with E-state index in [4.69, 9.17) is 9.47 Å². The smallest absolute Gasteiger partial charge is 0.326 e. The molecule has 2 amide bonds. The van der Waals surface area contributed by atoms with Crippen molar-refractivity contribution in [2.24, 2.45) is 11.8 Å². The van der Waals surface area contributed by atoms with E-state index in [1.54, 1.807) is 38.1 Å². The number of aryl methyl sites for hydroxylation is 1. The summed E-state index contributed by atoms with van der Waals surface area (Å²) in [5.74, 6) is -2.35. The van der Waals surface area contributed by atoms with E-state index in [2.05, 4.69) is 5.32 Å². The highest BCUT2D eigenvalue weighted by molar-refractivity contribution is 6.24. The van der Waals surface area contributed by atoms with Gasteiger partial charge < -0.3 is 9.47 Å². The van der Waals surface area contributed by atoms with Gasteiger partial charge in [-0.1, -0.05) is 30.3 Å². The van der Waals surface area contributed by atoms with Gasteiger partial charge in [-0.2, -0.15) is 0 Å². The Morgan fingerprint density at radius 2 is 1.87 bits per heavy atom. The van der Waals surface area contributed by atoms with Gasteiger partial charge in [0, 0.05) is 12.1 Å². The fourth-order valence-corrected chi connectivity index (χ4v) is 4.81. The number of nitrogens with zero attached hydrogens (tertiary/aromatic N) is 1. The Bertz CT molecular complexity index is 1050. The Balaban J connectivity index is 1.83. The van der Waals surface area contributed by atoms with Crippen LogP contribution in [0.15, 0.2) is 48.5 Å². The van der Waals surface area contributed by atoms with Crippen LogP contribution in [0.3, 0.4) is 0 Å². The molecule has 2 aromatic rings. The summed E-state index contributed by atoms with van der Waals surface area (Å²) >= 11 is 0. The highest BCUT2D eigenvalue weighted by atomic mass is 16.5. The van der Waals surface area contributed by atoms with Crippen LogP contribution < -0.4 is 15.0 Å². The number of imide groups is 1. The van der Waals surface area contributed by atoms with Crippen LogP contribution in [-0.4, -0.2) is 37.0 Å². The van der Waals surface area contributed by atoms with Crippen LogP contribution in [-0.2, 0) is 19.1 Å². The van der Waals surface area contributed by atoms with Gasteiger partial charge in [-0.25, -0.2) is 4.90 Å². The zero-order valence-electron chi connectivity index (χ0n) is 18.0. The Labute approximate surface area is 181 Å². The molecule has 0 saturated carbocycles. The van der Waals surface area contributed by atoms with Crippen molar-refractivity contribution in [1.29, 1.82) is 0 Å². The summed E-state index contributed by atoms with van der Waals surface area (Å²) in [5, 5.41) is 3.30. The summed E-state index contributed by atoms with van der Waals surface area (Å²) in [5.41, 5.74) is 0.971. The van der Waals surface area contributed by atoms with Gasteiger partial charge >= 0.3 is 5.97 Å². The third-order valence-electron chi connectivity index (χ3n) is 6.32. The second kappa shape index (κ2) is 7.81. The molecular formula is C24H26N2O5. The molecule has 0 radical (unpaired) electrons. The number of fused-ring (bicyclic) bond motifs is 1. The Morgan fingerprint density at radius 3 is 2.55 bits per heavy atom. The molecule has 4 atom stereocenters. The number of rotatable bonds is 5. The summed E-state index contributed by atoms with van der Waals surface area (Å²) in [6.07, 6.45) is 0. The molecule has 7 heteroatoms. The van der Waals surface area contributed by atoms with Gasteiger partial charge in [0.1, 0.15) is 11.3 Å². The monoisotopic (exact) mass is 422 g/mol. The lowest BCUT2D eigenvalue weighted by Crippen LogP contribution is -2.54. The zero-order chi connectivity index (χ0) is 22.3. The molecule has 7 nitrogen and oxygen atoms in total. The molecule has 2 aliphatic rings. The largest absolute Gasteiger partial charge is 0.497 e. The van der Waals surface area contributed by atoms with Crippen LogP contribution in [0.4, 0.5) is 5.69 Å². The maximum atomic E-state index is 13.6. The van der Waals surface area contributed by atoms with Gasteiger partial charge in [-0.15, -0.1) is 0 Å². The number of carbonyl (C=O) groups excluding carboxylic acids is 3. The van der Waals surface area contributed by atoms with E-state index >= 15 is 0 Å². The first kappa shape index (κ1) is 21.1. The lowest BCUT2D eigenvalue weighted by Gasteiger charge is -2.29. The van der Waals surface area contributed by atoms with Crippen LogP contribution in [0.1, 0.15) is 31.0 Å². The molecule has 0 aromatic heterocycles. The van der Waals surface area contributed by atoms with Crippen LogP contribution in [0.5, 0.6) is 5.75 Å². The molecule has 0 unspecified atom stereocenters. The van der Waals surface area contributed by atoms with Crippen LogP contribution in [0.25, 0.3) is 0 Å². The molecule has 2 saturated heterocycles. The van der Waals surface area contributed by atoms with Crippen molar-refractivity contribution in [3.8, 4) is 5.75 Å². The first-order valence-electron chi connectivity index (χ1n) is 10.4. The van der Waals surface area contributed by atoms with E-state index in [1.807, 2.05) is 31.2 Å². The highest BCUT2D eigenvalue weighted by Crippen LogP contribution is 2.50. The van der Waals surface area contributed by atoms with Crippen molar-refractivity contribution in [3.05, 3.63) is 59.7 Å². The number of hydrogen-bond donors (Lipinski definition) is 1. The Morgan fingerprint density at radius 1 is 1.13 bits per heavy atom. The number of nitrogens with one attached hydrogen (secondary N) is 1. The number of esters is 1. The fourth-order valence-electron chi connectivity index (χ4n) is 4.81. The summed E-state index contributed by atoms with van der Waals surface area (Å²) in [4.78, 5) is 41.4. The maximum Gasteiger partial charge on any atom is 0.326 e. The van der Waals surface area contributed by atoms with Gasteiger partial charge in [0.05, 0.1) is 31.2 Å². The fraction of sp³-hybridized carbons (Fsp3) is 0.375. The lowest BCUT2D eigenvalue weighted by atomic mass is 9.80. The zero-order valence-corrected chi connectivity index (χ0v) is 18.0. The topological polar surface area (TPSA) is 84.9 Å². The number of hydrogen-bond acceptors (Lipinski definition) is 6.